The highest BCUT2D eigenvalue weighted by Crippen LogP contribution is 2.29. The van der Waals surface area contributed by atoms with E-state index in [1.807, 2.05) is 43.3 Å². The Kier molecular flexibility index (Phi) is 3.72. The summed E-state index contributed by atoms with van der Waals surface area (Å²) in [6.07, 6.45) is 0. The predicted molar refractivity (Wildman–Crippen MR) is 86.7 cm³/mol. The lowest BCUT2D eigenvalue weighted by molar-refractivity contribution is 0.631. The topological polar surface area (TPSA) is 23.8 Å². The zero-order valence-corrected chi connectivity index (χ0v) is 12.2. The van der Waals surface area contributed by atoms with Crippen LogP contribution in [0.3, 0.4) is 0 Å². The third-order valence-corrected chi connectivity index (χ3v) is 3.74. The molecule has 106 valence electrons. The Hall–Kier alpha value is -2.92. The van der Waals surface area contributed by atoms with Gasteiger partial charge in [0.1, 0.15) is 5.82 Å². The van der Waals surface area contributed by atoms with E-state index in [9.17, 15) is 4.39 Å². The highest BCUT2D eigenvalue weighted by atomic mass is 19.1. The second-order valence-corrected chi connectivity index (χ2v) is 5.20. The molecule has 0 bridgehead atoms. The zero-order chi connectivity index (χ0) is 15.5. The molecule has 0 fully saturated rings. The third-order valence-electron chi connectivity index (χ3n) is 3.74. The summed E-state index contributed by atoms with van der Waals surface area (Å²) in [5, 5.41) is 8.86. The molecule has 0 amide bonds. The molecule has 0 saturated heterocycles. The molecule has 22 heavy (non-hydrogen) atoms. The second-order valence-electron chi connectivity index (χ2n) is 5.20. The second kappa shape index (κ2) is 5.83. The Labute approximate surface area is 129 Å². The van der Waals surface area contributed by atoms with Gasteiger partial charge in [0.25, 0.3) is 0 Å². The van der Waals surface area contributed by atoms with Crippen molar-refractivity contribution in [1.82, 2.24) is 0 Å². The van der Waals surface area contributed by atoms with Crippen LogP contribution in [0.4, 0.5) is 4.39 Å². The standard InChI is InChI=1S/C20H14FN/c1-14-12-17(19-4-2-3-5-20(19)21)10-11-18(14)16-8-6-15(13-22)7-9-16/h2-12H,1H3. The minimum Gasteiger partial charge on any atom is -0.206 e. The molecule has 0 aliphatic heterocycles. The maximum Gasteiger partial charge on any atom is 0.131 e. The summed E-state index contributed by atoms with van der Waals surface area (Å²) >= 11 is 0. The molecule has 0 radical (unpaired) electrons. The van der Waals surface area contributed by atoms with Crippen LogP contribution in [0.15, 0.2) is 66.7 Å². The van der Waals surface area contributed by atoms with Crippen LogP contribution in [0.5, 0.6) is 0 Å². The van der Waals surface area contributed by atoms with Crippen LogP contribution in [0, 0.1) is 24.1 Å². The zero-order valence-electron chi connectivity index (χ0n) is 12.2. The number of benzene rings is 3. The van der Waals surface area contributed by atoms with Crippen molar-refractivity contribution in [3.8, 4) is 28.3 Å². The van der Waals surface area contributed by atoms with Crippen LogP contribution in [0.1, 0.15) is 11.1 Å². The molecule has 3 aromatic rings. The highest BCUT2D eigenvalue weighted by molar-refractivity contribution is 5.74. The molecule has 3 aromatic carbocycles. The van der Waals surface area contributed by atoms with Crippen molar-refractivity contribution in [1.29, 1.82) is 5.26 Å². The van der Waals surface area contributed by atoms with Crippen LogP contribution in [-0.4, -0.2) is 0 Å². The fraction of sp³-hybridized carbons (Fsp3) is 0.0500. The molecule has 0 heterocycles. The molecule has 0 aromatic heterocycles. The summed E-state index contributed by atoms with van der Waals surface area (Å²) in [6.45, 7) is 2.01. The van der Waals surface area contributed by atoms with Crippen molar-refractivity contribution in [3.63, 3.8) is 0 Å². The molecule has 0 aliphatic carbocycles. The van der Waals surface area contributed by atoms with Gasteiger partial charge < -0.3 is 0 Å². The van der Waals surface area contributed by atoms with Gasteiger partial charge in [-0.05, 0) is 47.4 Å². The van der Waals surface area contributed by atoms with Gasteiger partial charge in [0, 0.05) is 5.56 Å². The number of hydrogen-bond donors (Lipinski definition) is 0. The van der Waals surface area contributed by atoms with E-state index < -0.39 is 0 Å². The molecule has 0 N–H and O–H groups in total. The fourth-order valence-corrected chi connectivity index (χ4v) is 2.57. The van der Waals surface area contributed by atoms with Gasteiger partial charge in [0.05, 0.1) is 11.6 Å². The van der Waals surface area contributed by atoms with Gasteiger partial charge in [-0.15, -0.1) is 0 Å². The van der Waals surface area contributed by atoms with Crippen LogP contribution < -0.4 is 0 Å². The number of aryl methyl sites for hydroxylation is 1. The van der Waals surface area contributed by atoms with Crippen LogP contribution in [-0.2, 0) is 0 Å². The van der Waals surface area contributed by atoms with Crippen molar-refractivity contribution in [2.45, 2.75) is 6.92 Å². The SMILES string of the molecule is Cc1cc(-c2ccccc2F)ccc1-c1ccc(C#N)cc1. The molecule has 0 atom stereocenters. The number of hydrogen-bond acceptors (Lipinski definition) is 1. The monoisotopic (exact) mass is 287 g/mol. The predicted octanol–water partition coefficient (Wildman–Crippen LogP) is 5.34. The summed E-state index contributed by atoms with van der Waals surface area (Å²) in [6, 6.07) is 22.3. The molecule has 3 rings (SSSR count). The Morgan fingerprint density at radius 3 is 2.14 bits per heavy atom. The van der Waals surface area contributed by atoms with Gasteiger partial charge in [0.2, 0.25) is 0 Å². The van der Waals surface area contributed by atoms with Crippen molar-refractivity contribution in [2.24, 2.45) is 0 Å². The maximum absolute atomic E-state index is 13.9. The Balaban J connectivity index is 2.02. The normalized spacial score (nSPS) is 10.2. The molecule has 1 nitrogen and oxygen atoms in total. The quantitative estimate of drug-likeness (QED) is 0.624. The van der Waals surface area contributed by atoms with Crippen LogP contribution in [0.2, 0.25) is 0 Å². The first kappa shape index (κ1) is 14.0. The first-order valence-electron chi connectivity index (χ1n) is 7.05. The number of nitriles is 1. The van der Waals surface area contributed by atoms with Crippen molar-refractivity contribution >= 4 is 0 Å². The van der Waals surface area contributed by atoms with Crippen molar-refractivity contribution in [3.05, 3.63) is 83.7 Å². The van der Waals surface area contributed by atoms with Gasteiger partial charge >= 0.3 is 0 Å². The fourth-order valence-electron chi connectivity index (χ4n) is 2.57. The highest BCUT2D eigenvalue weighted by Gasteiger charge is 2.07. The summed E-state index contributed by atoms with van der Waals surface area (Å²) < 4.78 is 13.9. The van der Waals surface area contributed by atoms with Gasteiger partial charge in [-0.2, -0.15) is 5.26 Å². The first-order chi connectivity index (χ1) is 10.7. The molecule has 0 aliphatic rings. The molecular weight excluding hydrogens is 273 g/mol. The summed E-state index contributed by atoms with van der Waals surface area (Å²) in [5.74, 6) is -0.215. The lowest BCUT2D eigenvalue weighted by atomic mass is 9.95. The smallest absolute Gasteiger partial charge is 0.131 e. The number of halogens is 1. The Bertz CT molecular complexity index is 858. The Morgan fingerprint density at radius 1 is 0.818 bits per heavy atom. The van der Waals surface area contributed by atoms with Crippen LogP contribution in [0.25, 0.3) is 22.3 Å². The van der Waals surface area contributed by atoms with E-state index in [4.69, 9.17) is 5.26 Å². The Morgan fingerprint density at radius 2 is 1.50 bits per heavy atom. The lowest BCUT2D eigenvalue weighted by Gasteiger charge is -2.10. The average Bonchev–Trinajstić information content (AvgIpc) is 2.55. The van der Waals surface area contributed by atoms with Gasteiger partial charge in [0.15, 0.2) is 0 Å². The number of rotatable bonds is 2. The van der Waals surface area contributed by atoms with E-state index in [1.54, 1.807) is 24.3 Å². The minimum atomic E-state index is -0.215. The van der Waals surface area contributed by atoms with Crippen LogP contribution >= 0.6 is 0 Å². The van der Waals surface area contributed by atoms with E-state index in [0.29, 0.717) is 11.1 Å². The number of nitrogens with zero attached hydrogens (tertiary/aromatic N) is 1. The molecular formula is C20H14FN. The van der Waals surface area contributed by atoms with Crippen molar-refractivity contribution < 1.29 is 4.39 Å². The third kappa shape index (κ3) is 2.62. The van der Waals surface area contributed by atoms with E-state index in [1.165, 1.54) is 6.07 Å². The van der Waals surface area contributed by atoms with Crippen molar-refractivity contribution in [2.75, 3.05) is 0 Å². The van der Waals surface area contributed by atoms with Gasteiger partial charge in [-0.25, -0.2) is 4.39 Å². The first-order valence-corrected chi connectivity index (χ1v) is 7.05. The summed E-state index contributed by atoms with van der Waals surface area (Å²) in [5.41, 5.74) is 5.33. The summed E-state index contributed by atoms with van der Waals surface area (Å²) in [4.78, 5) is 0. The maximum atomic E-state index is 13.9. The molecule has 0 spiro atoms. The summed E-state index contributed by atoms with van der Waals surface area (Å²) in [7, 11) is 0. The average molecular weight is 287 g/mol. The van der Waals surface area contributed by atoms with E-state index in [-0.39, 0.29) is 5.82 Å². The van der Waals surface area contributed by atoms with Gasteiger partial charge in [-0.1, -0.05) is 48.5 Å². The van der Waals surface area contributed by atoms with E-state index in [2.05, 4.69) is 6.07 Å². The molecule has 2 heteroatoms. The molecule has 0 saturated carbocycles. The largest absolute Gasteiger partial charge is 0.206 e. The molecule has 0 unspecified atom stereocenters. The van der Waals surface area contributed by atoms with Gasteiger partial charge in [-0.3, -0.25) is 0 Å². The van der Waals surface area contributed by atoms with E-state index in [0.717, 1.165) is 22.3 Å². The minimum absolute atomic E-state index is 0.215. The lowest BCUT2D eigenvalue weighted by Crippen LogP contribution is -1.88. The van der Waals surface area contributed by atoms with E-state index >= 15 is 0 Å².